The first-order chi connectivity index (χ1) is 10.7. The van der Waals surface area contributed by atoms with Gasteiger partial charge in [0.1, 0.15) is 5.75 Å². The molecule has 2 rings (SSSR count). The molecular weight excluding hydrogens is 401 g/mol. The van der Waals surface area contributed by atoms with Crippen LogP contribution in [-0.4, -0.2) is 12.6 Å². The van der Waals surface area contributed by atoms with Crippen molar-refractivity contribution >= 4 is 35.6 Å². The molecule has 0 spiro atoms. The SMILES string of the molecule is CCCOc1cccc(CN=C(N)Nc2cccc(C)c2)c1.I. The lowest BCUT2D eigenvalue weighted by Crippen LogP contribution is -2.22. The van der Waals surface area contributed by atoms with Crippen LogP contribution in [0.2, 0.25) is 0 Å². The largest absolute Gasteiger partial charge is 0.494 e. The van der Waals surface area contributed by atoms with E-state index in [-0.39, 0.29) is 24.0 Å². The monoisotopic (exact) mass is 425 g/mol. The summed E-state index contributed by atoms with van der Waals surface area (Å²) in [6, 6.07) is 16.0. The Morgan fingerprint density at radius 2 is 1.96 bits per heavy atom. The number of nitrogens with two attached hydrogens (primary N) is 1. The highest BCUT2D eigenvalue weighted by molar-refractivity contribution is 14.0. The van der Waals surface area contributed by atoms with Crippen molar-refractivity contribution in [2.75, 3.05) is 11.9 Å². The molecule has 0 fully saturated rings. The van der Waals surface area contributed by atoms with Crippen molar-refractivity contribution in [3.05, 3.63) is 59.7 Å². The summed E-state index contributed by atoms with van der Waals surface area (Å²) in [6.45, 7) is 5.38. The van der Waals surface area contributed by atoms with Gasteiger partial charge >= 0.3 is 0 Å². The van der Waals surface area contributed by atoms with Gasteiger partial charge in [-0.25, -0.2) is 4.99 Å². The van der Waals surface area contributed by atoms with Gasteiger partial charge in [0.25, 0.3) is 0 Å². The fourth-order valence-electron chi connectivity index (χ4n) is 2.04. The minimum absolute atomic E-state index is 0. The summed E-state index contributed by atoms with van der Waals surface area (Å²) in [5.74, 6) is 1.28. The Labute approximate surface area is 155 Å². The molecule has 0 saturated carbocycles. The Morgan fingerprint density at radius 1 is 1.17 bits per heavy atom. The molecule has 2 aromatic rings. The second-order valence-corrected chi connectivity index (χ2v) is 5.19. The van der Waals surface area contributed by atoms with Crippen LogP contribution in [0.3, 0.4) is 0 Å². The van der Waals surface area contributed by atoms with Crippen LogP contribution < -0.4 is 15.8 Å². The lowest BCUT2D eigenvalue weighted by molar-refractivity contribution is 0.317. The van der Waals surface area contributed by atoms with Gasteiger partial charge < -0.3 is 15.8 Å². The van der Waals surface area contributed by atoms with Gasteiger partial charge in [0.05, 0.1) is 13.2 Å². The summed E-state index contributed by atoms with van der Waals surface area (Å²) in [7, 11) is 0. The zero-order valence-corrected chi connectivity index (χ0v) is 15.9. The van der Waals surface area contributed by atoms with Gasteiger partial charge in [-0.15, -0.1) is 24.0 Å². The number of guanidine groups is 1. The van der Waals surface area contributed by atoms with Crippen LogP contribution in [0.5, 0.6) is 5.75 Å². The van der Waals surface area contributed by atoms with E-state index in [9.17, 15) is 0 Å². The first-order valence-electron chi connectivity index (χ1n) is 7.52. The quantitative estimate of drug-likeness (QED) is 0.412. The number of aryl methyl sites for hydroxylation is 1. The van der Waals surface area contributed by atoms with Crippen molar-refractivity contribution in [1.29, 1.82) is 0 Å². The number of ether oxygens (including phenoxy) is 1. The second-order valence-electron chi connectivity index (χ2n) is 5.19. The van der Waals surface area contributed by atoms with Gasteiger partial charge in [0.2, 0.25) is 0 Å². The summed E-state index contributed by atoms with van der Waals surface area (Å²) >= 11 is 0. The van der Waals surface area contributed by atoms with E-state index in [1.54, 1.807) is 0 Å². The molecule has 0 aromatic heterocycles. The molecule has 0 aliphatic rings. The molecule has 4 nitrogen and oxygen atoms in total. The van der Waals surface area contributed by atoms with Gasteiger partial charge in [0.15, 0.2) is 5.96 Å². The summed E-state index contributed by atoms with van der Waals surface area (Å²) in [5.41, 5.74) is 9.13. The Kier molecular flexibility index (Phi) is 8.47. The summed E-state index contributed by atoms with van der Waals surface area (Å²) in [4.78, 5) is 4.37. The van der Waals surface area contributed by atoms with E-state index < -0.39 is 0 Å². The smallest absolute Gasteiger partial charge is 0.193 e. The van der Waals surface area contributed by atoms with Crippen molar-refractivity contribution < 1.29 is 4.74 Å². The van der Waals surface area contributed by atoms with Crippen molar-refractivity contribution in [2.45, 2.75) is 26.8 Å². The fourth-order valence-corrected chi connectivity index (χ4v) is 2.04. The molecule has 0 amide bonds. The lowest BCUT2D eigenvalue weighted by atomic mass is 10.2. The third-order valence-electron chi connectivity index (χ3n) is 3.09. The van der Waals surface area contributed by atoms with E-state index in [0.717, 1.165) is 30.0 Å². The molecule has 3 N–H and O–H groups in total. The van der Waals surface area contributed by atoms with Gasteiger partial charge in [0, 0.05) is 5.69 Å². The minimum Gasteiger partial charge on any atom is -0.494 e. The maximum absolute atomic E-state index is 5.93. The summed E-state index contributed by atoms with van der Waals surface area (Å²) < 4.78 is 5.62. The molecular formula is C18H24IN3O. The topological polar surface area (TPSA) is 59.6 Å². The molecule has 0 aliphatic carbocycles. The molecule has 0 aliphatic heterocycles. The van der Waals surface area contributed by atoms with E-state index in [1.807, 2.05) is 55.5 Å². The highest BCUT2D eigenvalue weighted by Gasteiger charge is 1.98. The van der Waals surface area contributed by atoms with Gasteiger partial charge in [-0.2, -0.15) is 0 Å². The van der Waals surface area contributed by atoms with E-state index in [0.29, 0.717) is 12.5 Å². The van der Waals surface area contributed by atoms with Crippen LogP contribution in [-0.2, 0) is 6.54 Å². The Morgan fingerprint density at radius 3 is 2.70 bits per heavy atom. The third kappa shape index (κ3) is 6.90. The van der Waals surface area contributed by atoms with Crippen molar-refractivity contribution in [2.24, 2.45) is 10.7 Å². The maximum Gasteiger partial charge on any atom is 0.193 e. The number of nitrogens with zero attached hydrogens (tertiary/aromatic N) is 1. The van der Waals surface area contributed by atoms with Crippen molar-refractivity contribution in [3.8, 4) is 5.75 Å². The number of nitrogens with one attached hydrogen (secondary N) is 1. The fraction of sp³-hybridized carbons (Fsp3) is 0.278. The van der Waals surface area contributed by atoms with E-state index in [1.165, 1.54) is 5.56 Å². The third-order valence-corrected chi connectivity index (χ3v) is 3.09. The van der Waals surface area contributed by atoms with Crippen LogP contribution in [0, 0.1) is 6.92 Å². The number of aliphatic imine (C=N–C) groups is 1. The van der Waals surface area contributed by atoms with Gasteiger partial charge in [-0.1, -0.05) is 31.2 Å². The van der Waals surface area contributed by atoms with Crippen LogP contribution >= 0.6 is 24.0 Å². The normalized spacial score (nSPS) is 10.8. The first-order valence-corrected chi connectivity index (χ1v) is 7.52. The predicted octanol–water partition coefficient (Wildman–Crippen LogP) is 4.33. The standard InChI is InChI=1S/C18H23N3O.HI/c1-3-10-22-17-9-5-7-15(12-17)13-20-18(19)21-16-8-4-6-14(2)11-16;/h4-9,11-12H,3,10,13H2,1-2H3,(H3,19,20,21);1H. The number of hydrogen-bond acceptors (Lipinski definition) is 2. The number of halogens is 1. The van der Waals surface area contributed by atoms with Crippen LogP contribution in [0.15, 0.2) is 53.5 Å². The maximum atomic E-state index is 5.93. The highest BCUT2D eigenvalue weighted by atomic mass is 127. The van der Waals surface area contributed by atoms with E-state index in [4.69, 9.17) is 10.5 Å². The second kappa shape index (κ2) is 10.1. The van der Waals surface area contributed by atoms with Crippen LogP contribution in [0.1, 0.15) is 24.5 Å². The average molecular weight is 425 g/mol. The number of benzene rings is 2. The Balaban J connectivity index is 0.00000264. The molecule has 0 atom stereocenters. The molecule has 5 heteroatoms. The number of hydrogen-bond donors (Lipinski definition) is 2. The predicted molar refractivity (Wildman–Crippen MR) is 108 cm³/mol. The van der Waals surface area contributed by atoms with Gasteiger partial charge in [-0.3, -0.25) is 0 Å². The first kappa shape index (κ1) is 19.3. The zero-order chi connectivity index (χ0) is 15.8. The summed E-state index contributed by atoms with van der Waals surface area (Å²) in [6.07, 6.45) is 0.996. The van der Waals surface area contributed by atoms with Gasteiger partial charge in [-0.05, 0) is 48.7 Å². The Bertz CT molecular complexity index is 644. The lowest BCUT2D eigenvalue weighted by Gasteiger charge is -2.08. The molecule has 0 heterocycles. The molecule has 2 aromatic carbocycles. The molecule has 0 unspecified atom stereocenters. The van der Waals surface area contributed by atoms with Crippen LogP contribution in [0.25, 0.3) is 0 Å². The zero-order valence-electron chi connectivity index (χ0n) is 13.6. The molecule has 124 valence electrons. The molecule has 23 heavy (non-hydrogen) atoms. The molecule has 0 saturated heterocycles. The minimum atomic E-state index is 0. The van der Waals surface area contributed by atoms with E-state index in [2.05, 4.69) is 17.2 Å². The Hall–Kier alpha value is -1.76. The van der Waals surface area contributed by atoms with Crippen molar-refractivity contribution in [1.82, 2.24) is 0 Å². The molecule has 0 bridgehead atoms. The average Bonchev–Trinajstić information content (AvgIpc) is 2.51. The molecule has 0 radical (unpaired) electrons. The summed E-state index contributed by atoms with van der Waals surface area (Å²) in [5, 5.41) is 3.10. The van der Waals surface area contributed by atoms with Crippen molar-refractivity contribution in [3.63, 3.8) is 0 Å². The highest BCUT2D eigenvalue weighted by Crippen LogP contribution is 2.14. The number of anilines is 1. The van der Waals surface area contributed by atoms with Crippen LogP contribution in [0.4, 0.5) is 5.69 Å². The van der Waals surface area contributed by atoms with E-state index >= 15 is 0 Å². The number of rotatable bonds is 6.